The Labute approximate surface area is 155 Å². The molecule has 2 aromatic rings. The monoisotopic (exact) mass is 367 g/mol. The molecule has 134 valence electrons. The Balaban J connectivity index is 2.14. The number of rotatable bonds is 7. The lowest BCUT2D eigenvalue weighted by atomic mass is 9.79. The van der Waals surface area contributed by atoms with Crippen LogP contribution in [0.2, 0.25) is 0 Å². The highest BCUT2D eigenvalue weighted by atomic mass is 32.2. The molecule has 0 saturated carbocycles. The molecule has 26 heavy (non-hydrogen) atoms. The van der Waals surface area contributed by atoms with Gasteiger partial charge in [-0.15, -0.1) is 12.8 Å². The fraction of sp³-hybridized carbons (Fsp3) is 0.238. The first-order valence-corrected chi connectivity index (χ1v) is 9.51. The number of ether oxygens (including phenoxy) is 1. The van der Waals surface area contributed by atoms with Crippen molar-refractivity contribution >= 4 is 10.0 Å². The van der Waals surface area contributed by atoms with Crippen molar-refractivity contribution in [3.63, 3.8) is 0 Å². The smallest absolute Gasteiger partial charge is 0.240 e. The third-order valence-corrected chi connectivity index (χ3v) is 5.68. The maximum Gasteiger partial charge on any atom is 0.240 e. The van der Waals surface area contributed by atoms with Crippen LogP contribution in [0.15, 0.2) is 53.4 Å². The topological polar surface area (TPSA) is 55.4 Å². The average molecular weight is 367 g/mol. The highest BCUT2D eigenvalue weighted by molar-refractivity contribution is 7.89. The van der Waals surface area contributed by atoms with Crippen LogP contribution in [-0.2, 0) is 15.4 Å². The van der Waals surface area contributed by atoms with E-state index in [1.807, 2.05) is 6.92 Å². The van der Waals surface area contributed by atoms with Gasteiger partial charge in [0.25, 0.3) is 0 Å². The second-order valence-electron chi connectivity index (χ2n) is 5.88. The van der Waals surface area contributed by atoms with Crippen LogP contribution in [0.3, 0.4) is 0 Å². The van der Waals surface area contributed by atoms with E-state index >= 15 is 0 Å². The van der Waals surface area contributed by atoms with E-state index in [0.717, 1.165) is 11.1 Å². The Hall–Kier alpha value is -2.73. The molecule has 2 rings (SSSR count). The average Bonchev–Trinajstić information content (AvgIpc) is 2.66. The molecule has 2 aromatic carbocycles. The number of terminal acetylenes is 2. The van der Waals surface area contributed by atoms with Crippen molar-refractivity contribution in [2.75, 3.05) is 13.7 Å². The standard InChI is InChI=1S/C21H21NO3S/c1-5-21(6-2,18-9-11-19(25-4)12-10-18)15-16-22-26(23,24)20-13-7-17(3)8-14-20/h1-2,7-14,22H,15-16H2,3-4H3. The van der Waals surface area contributed by atoms with E-state index in [1.165, 1.54) is 0 Å². The third kappa shape index (κ3) is 4.26. The van der Waals surface area contributed by atoms with Gasteiger partial charge in [-0.2, -0.15) is 0 Å². The molecule has 0 aromatic heterocycles. The lowest BCUT2D eigenvalue weighted by Crippen LogP contribution is -2.31. The molecule has 0 aliphatic rings. The van der Waals surface area contributed by atoms with Crippen LogP contribution in [0.1, 0.15) is 17.5 Å². The van der Waals surface area contributed by atoms with Gasteiger partial charge < -0.3 is 4.74 Å². The van der Waals surface area contributed by atoms with E-state index in [4.69, 9.17) is 17.6 Å². The zero-order valence-electron chi connectivity index (χ0n) is 14.8. The first-order chi connectivity index (χ1) is 12.4. The maximum atomic E-state index is 12.4. The summed E-state index contributed by atoms with van der Waals surface area (Å²) >= 11 is 0. The van der Waals surface area contributed by atoms with E-state index in [9.17, 15) is 8.42 Å². The Kier molecular flexibility index (Phi) is 6.10. The Morgan fingerprint density at radius 3 is 2.12 bits per heavy atom. The number of methoxy groups -OCH3 is 1. The third-order valence-electron chi connectivity index (χ3n) is 4.20. The van der Waals surface area contributed by atoms with Crippen molar-refractivity contribution in [2.45, 2.75) is 23.7 Å². The second kappa shape index (κ2) is 8.10. The van der Waals surface area contributed by atoms with Gasteiger partial charge >= 0.3 is 0 Å². The number of sulfonamides is 1. The largest absolute Gasteiger partial charge is 0.497 e. The van der Waals surface area contributed by atoms with Gasteiger partial charge in [-0.1, -0.05) is 41.7 Å². The van der Waals surface area contributed by atoms with Gasteiger partial charge in [-0.3, -0.25) is 0 Å². The molecule has 4 nitrogen and oxygen atoms in total. The van der Waals surface area contributed by atoms with E-state index in [1.54, 1.807) is 55.6 Å². The van der Waals surface area contributed by atoms with Crippen LogP contribution >= 0.6 is 0 Å². The normalized spacial score (nSPS) is 11.4. The summed E-state index contributed by atoms with van der Waals surface area (Å²) in [6, 6.07) is 13.8. The van der Waals surface area contributed by atoms with Gasteiger partial charge in [0.1, 0.15) is 11.2 Å². The molecular formula is C21H21NO3S. The predicted molar refractivity (Wildman–Crippen MR) is 103 cm³/mol. The SMILES string of the molecule is C#CC(C#C)(CCNS(=O)(=O)c1ccc(C)cc1)c1ccc(OC)cc1. The molecule has 5 heteroatoms. The lowest BCUT2D eigenvalue weighted by Gasteiger charge is -2.23. The zero-order valence-corrected chi connectivity index (χ0v) is 15.6. The van der Waals surface area contributed by atoms with Crippen LogP contribution in [0.25, 0.3) is 0 Å². The second-order valence-corrected chi connectivity index (χ2v) is 7.65. The molecule has 0 spiro atoms. The molecule has 0 aliphatic carbocycles. The Bertz CT molecular complexity index is 917. The fourth-order valence-corrected chi connectivity index (χ4v) is 3.58. The minimum Gasteiger partial charge on any atom is -0.497 e. The number of hydrogen-bond acceptors (Lipinski definition) is 3. The minimum atomic E-state index is -3.62. The van der Waals surface area contributed by atoms with Crippen LogP contribution in [0.4, 0.5) is 0 Å². The maximum absolute atomic E-state index is 12.4. The first kappa shape index (κ1) is 19.6. The van der Waals surface area contributed by atoms with Crippen molar-refractivity contribution in [2.24, 2.45) is 0 Å². The summed E-state index contributed by atoms with van der Waals surface area (Å²) in [4.78, 5) is 0.208. The highest BCUT2D eigenvalue weighted by Gasteiger charge is 2.28. The molecule has 0 heterocycles. The van der Waals surface area contributed by atoms with Crippen molar-refractivity contribution in [3.8, 4) is 30.4 Å². The van der Waals surface area contributed by atoms with Gasteiger partial charge in [0.2, 0.25) is 10.0 Å². The van der Waals surface area contributed by atoms with E-state index in [2.05, 4.69) is 16.6 Å². The van der Waals surface area contributed by atoms with Crippen LogP contribution < -0.4 is 9.46 Å². The summed E-state index contributed by atoms with van der Waals surface area (Å²) in [5.41, 5.74) is 0.738. The molecule has 0 saturated heterocycles. The lowest BCUT2D eigenvalue weighted by molar-refractivity contribution is 0.414. The van der Waals surface area contributed by atoms with Crippen molar-refractivity contribution in [3.05, 3.63) is 59.7 Å². The highest BCUT2D eigenvalue weighted by Crippen LogP contribution is 2.28. The molecule has 0 fully saturated rings. The number of nitrogens with one attached hydrogen (secondary N) is 1. The van der Waals surface area contributed by atoms with Crippen LogP contribution in [-0.4, -0.2) is 22.1 Å². The quantitative estimate of drug-likeness (QED) is 0.766. The summed E-state index contributed by atoms with van der Waals surface area (Å²) in [5.74, 6) is 5.97. The fourth-order valence-electron chi connectivity index (χ4n) is 2.55. The Morgan fingerprint density at radius 2 is 1.62 bits per heavy atom. The molecule has 0 atom stereocenters. The van der Waals surface area contributed by atoms with Crippen molar-refractivity contribution in [1.29, 1.82) is 0 Å². The molecule has 0 aliphatic heterocycles. The molecule has 0 bridgehead atoms. The van der Waals surface area contributed by atoms with Crippen molar-refractivity contribution < 1.29 is 13.2 Å². The predicted octanol–water partition coefficient (Wildman–Crippen LogP) is 2.88. The summed E-state index contributed by atoms with van der Waals surface area (Å²) in [5, 5.41) is 0. The summed E-state index contributed by atoms with van der Waals surface area (Å²) < 4.78 is 32.5. The Morgan fingerprint density at radius 1 is 1.04 bits per heavy atom. The number of aryl methyl sites for hydroxylation is 1. The molecule has 1 N–H and O–H groups in total. The summed E-state index contributed by atoms with van der Waals surface area (Å²) in [6.07, 6.45) is 11.7. The zero-order chi connectivity index (χ0) is 19.2. The molecule has 0 unspecified atom stereocenters. The number of hydrogen-bond donors (Lipinski definition) is 1. The minimum absolute atomic E-state index is 0.122. The van der Waals surface area contributed by atoms with Gasteiger partial charge in [-0.05, 0) is 43.2 Å². The van der Waals surface area contributed by atoms with E-state index in [-0.39, 0.29) is 17.9 Å². The molecular weight excluding hydrogens is 346 g/mol. The van der Waals surface area contributed by atoms with Crippen LogP contribution in [0, 0.1) is 31.6 Å². The molecule has 0 amide bonds. The van der Waals surface area contributed by atoms with E-state index < -0.39 is 15.4 Å². The summed E-state index contributed by atoms with van der Waals surface area (Å²) in [7, 11) is -2.04. The summed E-state index contributed by atoms with van der Waals surface area (Å²) in [6.45, 7) is 2.02. The molecule has 0 radical (unpaired) electrons. The van der Waals surface area contributed by atoms with Crippen molar-refractivity contribution in [1.82, 2.24) is 4.72 Å². The number of benzene rings is 2. The first-order valence-electron chi connectivity index (χ1n) is 8.03. The van der Waals surface area contributed by atoms with E-state index in [0.29, 0.717) is 5.75 Å². The van der Waals surface area contributed by atoms with Crippen LogP contribution in [0.5, 0.6) is 5.75 Å². The van der Waals surface area contributed by atoms with Gasteiger partial charge in [-0.25, -0.2) is 13.1 Å². The van der Waals surface area contributed by atoms with Gasteiger partial charge in [0.05, 0.1) is 12.0 Å². The van der Waals surface area contributed by atoms with Gasteiger partial charge in [0.15, 0.2) is 0 Å². The van der Waals surface area contributed by atoms with Gasteiger partial charge in [0, 0.05) is 6.54 Å².